The van der Waals surface area contributed by atoms with Crippen molar-refractivity contribution in [2.24, 2.45) is 0 Å². The summed E-state index contributed by atoms with van der Waals surface area (Å²) < 4.78 is 5.57. The quantitative estimate of drug-likeness (QED) is 0.729. The Labute approximate surface area is 161 Å². The maximum absolute atomic E-state index is 11.9. The van der Waals surface area contributed by atoms with E-state index in [9.17, 15) is 4.79 Å². The Morgan fingerprint density at radius 2 is 1.70 bits per heavy atom. The molecule has 2 aromatic carbocycles. The van der Waals surface area contributed by atoms with Crippen LogP contribution in [0.2, 0.25) is 0 Å². The van der Waals surface area contributed by atoms with Crippen molar-refractivity contribution in [1.82, 2.24) is 10.2 Å². The number of benzene rings is 2. The molecular formula is C22H29N3O2. The van der Waals surface area contributed by atoms with Gasteiger partial charge in [0.05, 0.1) is 0 Å². The number of hydrogen-bond acceptors (Lipinski definition) is 4. The molecule has 3 rings (SSSR count). The van der Waals surface area contributed by atoms with Gasteiger partial charge in [-0.25, -0.2) is 0 Å². The molecule has 0 radical (unpaired) electrons. The summed E-state index contributed by atoms with van der Waals surface area (Å²) in [7, 11) is 0. The van der Waals surface area contributed by atoms with Crippen molar-refractivity contribution in [1.29, 1.82) is 0 Å². The number of piperazine rings is 1. The highest BCUT2D eigenvalue weighted by atomic mass is 16.5. The summed E-state index contributed by atoms with van der Waals surface area (Å²) in [6.45, 7) is 8.00. The normalized spacial score (nSPS) is 14.8. The molecule has 0 bridgehead atoms. The number of nitrogens with one attached hydrogen (secondary N) is 1. The Bertz CT molecular complexity index is 713. The average molecular weight is 367 g/mol. The van der Waals surface area contributed by atoms with Crippen molar-refractivity contribution >= 4 is 11.6 Å². The number of para-hydroxylation sites is 2. The smallest absolute Gasteiger partial charge is 0.257 e. The molecule has 1 saturated heterocycles. The lowest BCUT2D eigenvalue weighted by molar-refractivity contribution is -0.123. The number of anilines is 1. The highest BCUT2D eigenvalue weighted by molar-refractivity contribution is 5.77. The number of rotatable bonds is 8. The molecule has 1 N–H and O–H groups in total. The van der Waals surface area contributed by atoms with Crippen LogP contribution in [-0.2, 0) is 4.79 Å². The zero-order chi connectivity index (χ0) is 18.9. The number of carbonyl (C=O) groups is 1. The monoisotopic (exact) mass is 367 g/mol. The van der Waals surface area contributed by atoms with Crippen LogP contribution in [0.5, 0.6) is 5.75 Å². The van der Waals surface area contributed by atoms with Gasteiger partial charge in [-0.1, -0.05) is 36.4 Å². The molecular weight excluding hydrogens is 338 g/mol. The van der Waals surface area contributed by atoms with Crippen LogP contribution in [0.25, 0.3) is 0 Å². The van der Waals surface area contributed by atoms with Crippen LogP contribution in [0.15, 0.2) is 54.6 Å². The fourth-order valence-electron chi connectivity index (χ4n) is 3.31. The van der Waals surface area contributed by atoms with Gasteiger partial charge in [-0.3, -0.25) is 9.69 Å². The van der Waals surface area contributed by atoms with Gasteiger partial charge in [0.2, 0.25) is 0 Å². The van der Waals surface area contributed by atoms with Gasteiger partial charge in [-0.2, -0.15) is 0 Å². The van der Waals surface area contributed by atoms with Gasteiger partial charge >= 0.3 is 0 Å². The largest absolute Gasteiger partial charge is 0.484 e. The lowest BCUT2D eigenvalue weighted by Crippen LogP contribution is -2.47. The van der Waals surface area contributed by atoms with Crippen LogP contribution in [0.1, 0.15) is 12.0 Å². The van der Waals surface area contributed by atoms with Crippen LogP contribution in [0, 0.1) is 6.92 Å². The van der Waals surface area contributed by atoms with E-state index in [4.69, 9.17) is 4.74 Å². The Morgan fingerprint density at radius 3 is 2.44 bits per heavy atom. The first-order valence-corrected chi connectivity index (χ1v) is 9.70. The SMILES string of the molecule is Cc1ccccc1OCC(=O)NCCCN1CCN(c2ccccc2)CC1. The minimum atomic E-state index is -0.0628. The fraction of sp³-hybridized carbons (Fsp3) is 0.409. The fourth-order valence-corrected chi connectivity index (χ4v) is 3.31. The van der Waals surface area contributed by atoms with E-state index < -0.39 is 0 Å². The third-order valence-corrected chi connectivity index (χ3v) is 4.92. The van der Waals surface area contributed by atoms with Crippen molar-refractivity contribution in [3.63, 3.8) is 0 Å². The predicted octanol–water partition coefficient (Wildman–Crippen LogP) is 2.70. The zero-order valence-electron chi connectivity index (χ0n) is 16.1. The average Bonchev–Trinajstić information content (AvgIpc) is 2.72. The van der Waals surface area contributed by atoms with E-state index in [2.05, 4.69) is 45.4 Å². The minimum Gasteiger partial charge on any atom is -0.484 e. The molecule has 27 heavy (non-hydrogen) atoms. The molecule has 0 aromatic heterocycles. The van der Waals surface area contributed by atoms with Gasteiger partial charge in [0.1, 0.15) is 5.75 Å². The first-order chi connectivity index (χ1) is 13.2. The van der Waals surface area contributed by atoms with Crippen molar-refractivity contribution < 1.29 is 9.53 Å². The van der Waals surface area contributed by atoms with Gasteiger partial charge < -0.3 is 15.0 Å². The Balaban J connectivity index is 1.27. The molecule has 144 valence electrons. The summed E-state index contributed by atoms with van der Waals surface area (Å²) in [6, 6.07) is 18.3. The Morgan fingerprint density at radius 1 is 1.00 bits per heavy atom. The van der Waals surface area contributed by atoms with Gasteiger partial charge in [-0.05, 0) is 43.7 Å². The van der Waals surface area contributed by atoms with Crippen molar-refractivity contribution in [3.8, 4) is 5.75 Å². The van der Waals surface area contributed by atoms with Crippen LogP contribution in [0.3, 0.4) is 0 Å². The highest BCUT2D eigenvalue weighted by Crippen LogP contribution is 2.16. The number of ether oxygens (including phenoxy) is 1. The Hall–Kier alpha value is -2.53. The van der Waals surface area contributed by atoms with E-state index in [-0.39, 0.29) is 12.5 Å². The number of hydrogen-bond donors (Lipinski definition) is 1. The van der Waals surface area contributed by atoms with Crippen LogP contribution < -0.4 is 15.0 Å². The molecule has 0 atom stereocenters. The van der Waals surface area contributed by atoms with Crippen LogP contribution in [-0.4, -0.2) is 56.7 Å². The summed E-state index contributed by atoms with van der Waals surface area (Å²) in [5.74, 6) is 0.705. The van der Waals surface area contributed by atoms with Gasteiger partial charge in [0, 0.05) is 38.4 Å². The molecule has 1 fully saturated rings. The number of aryl methyl sites for hydroxylation is 1. The number of nitrogens with zero attached hydrogens (tertiary/aromatic N) is 2. The van der Waals surface area contributed by atoms with Crippen molar-refractivity contribution in [2.75, 3.05) is 50.8 Å². The molecule has 1 aliphatic rings. The van der Waals surface area contributed by atoms with E-state index in [1.807, 2.05) is 31.2 Å². The van der Waals surface area contributed by atoms with Gasteiger partial charge in [0.25, 0.3) is 5.91 Å². The molecule has 5 nitrogen and oxygen atoms in total. The summed E-state index contributed by atoms with van der Waals surface area (Å²) in [5, 5.41) is 2.95. The minimum absolute atomic E-state index is 0.0628. The molecule has 0 saturated carbocycles. The molecule has 0 unspecified atom stereocenters. The first kappa shape index (κ1) is 19.2. The second-order valence-electron chi connectivity index (χ2n) is 6.92. The van der Waals surface area contributed by atoms with E-state index >= 15 is 0 Å². The molecule has 1 aliphatic heterocycles. The lowest BCUT2D eigenvalue weighted by atomic mass is 10.2. The highest BCUT2D eigenvalue weighted by Gasteiger charge is 2.16. The summed E-state index contributed by atoms with van der Waals surface area (Å²) in [5.41, 5.74) is 2.35. The molecule has 1 heterocycles. The van der Waals surface area contributed by atoms with Crippen molar-refractivity contribution in [3.05, 3.63) is 60.2 Å². The summed E-state index contributed by atoms with van der Waals surface area (Å²) in [4.78, 5) is 16.8. The van der Waals surface area contributed by atoms with E-state index in [1.165, 1.54) is 5.69 Å². The molecule has 0 aliphatic carbocycles. The van der Waals surface area contributed by atoms with Gasteiger partial charge in [0.15, 0.2) is 6.61 Å². The van der Waals surface area contributed by atoms with E-state index in [0.29, 0.717) is 6.54 Å². The van der Waals surface area contributed by atoms with Crippen molar-refractivity contribution in [2.45, 2.75) is 13.3 Å². The number of amides is 1. The molecule has 2 aromatic rings. The Kier molecular flexibility index (Phi) is 7.11. The molecule has 5 heteroatoms. The standard InChI is InChI=1S/C22H29N3O2/c1-19-8-5-6-11-21(19)27-18-22(26)23-12-7-13-24-14-16-25(17-15-24)20-9-3-2-4-10-20/h2-6,8-11H,7,12-18H2,1H3,(H,23,26). The zero-order valence-corrected chi connectivity index (χ0v) is 16.1. The summed E-state index contributed by atoms with van der Waals surface area (Å²) >= 11 is 0. The third-order valence-electron chi connectivity index (χ3n) is 4.92. The van der Waals surface area contributed by atoms with Crippen LogP contribution >= 0.6 is 0 Å². The van der Waals surface area contributed by atoms with E-state index in [0.717, 1.165) is 50.5 Å². The van der Waals surface area contributed by atoms with Gasteiger partial charge in [-0.15, -0.1) is 0 Å². The topological polar surface area (TPSA) is 44.8 Å². The van der Waals surface area contributed by atoms with Crippen LogP contribution in [0.4, 0.5) is 5.69 Å². The number of carbonyl (C=O) groups excluding carboxylic acids is 1. The third kappa shape index (κ3) is 6.00. The predicted molar refractivity (Wildman–Crippen MR) is 109 cm³/mol. The maximum atomic E-state index is 11.9. The molecule has 0 spiro atoms. The second kappa shape index (κ2) is 9.97. The lowest BCUT2D eigenvalue weighted by Gasteiger charge is -2.36. The summed E-state index contributed by atoms with van der Waals surface area (Å²) in [6.07, 6.45) is 0.960. The maximum Gasteiger partial charge on any atom is 0.257 e. The first-order valence-electron chi connectivity index (χ1n) is 9.70. The second-order valence-corrected chi connectivity index (χ2v) is 6.92. The van der Waals surface area contributed by atoms with E-state index in [1.54, 1.807) is 0 Å². The molecule has 1 amide bonds.